The molecule has 0 bridgehead atoms. The summed E-state index contributed by atoms with van der Waals surface area (Å²) in [7, 11) is 0. The third-order valence-electron chi connectivity index (χ3n) is 2.60. The van der Waals surface area contributed by atoms with Gasteiger partial charge in [0.2, 0.25) is 5.75 Å². The Balaban J connectivity index is 3.09. The first-order chi connectivity index (χ1) is 9.02. The first-order valence-corrected chi connectivity index (χ1v) is 5.65. The van der Waals surface area contributed by atoms with Crippen molar-refractivity contribution in [2.45, 2.75) is 13.3 Å². The minimum Gasteiger partial charge on any atom is -0.502 e. The molecular formula is C12H13N3O4. The molecule has 0 atom stereocenters. The SMILES string of the molecule is CCN(CCC#N)C(=O)c1cccc([N+](=O)[O-])c1O. The number of phenols is 1. The molecule has 1 N–H and O–H groups in total. The summed E-state index contributed by atoms with van der Waals surface area (Å²) in [5, 5.41) is 28.9. The van der Waals surface area contributed by atoms with Crippen molar-refractivity contribution in [1.82, 2.24) is 4.90 Å². The highest BCUT2D eigenvalue weighted by Gasteiger charge is 2.23. The van der Waals surface area contributed by atoms with Gasteiger partial charge < -0.3 is 10.0 Å². The number of nitro groups is 1. The lowest BCUT2D eigenvalue weighted by Gasteiger charge is -2.19. The summed E-state index contributed by atoms with van der Waals surface area (Å²) in [5.41, 5.74) is -0.642. The van der Waals surface area contributed by atoms with E-state index in [1.54, 1.807) is 6.92 Å². The third-order valence-corrected chi connectivity index (χ3v) is 2.60. The lowest BCUT2D eigenvalue weighted by molar-refractivity contribution is -0.385. The van der Waals surface area contributed by atoms with Crippen molar-refractivity contribution in [3.8, 4) is 11.8 Å². The Morgan fingerprint density at radius 2 is 2.26 bits per heavy atom. The smallest absolute Gasteiger partial charge is 0.311 e. The molecule has 19 heavy (non-hydrogen) atoms. The van der Waals surface area contributed by atoms with Crippen LogP contribution in [0.1, 0.15) is 23.7 Å². The lowest BCUT2D eigenvalue weighted by atomic mass is 10.1. The van der Waals surface area contributed by atoms with Gasteiger partial charge in [0, 0.05) is 19.2 Å². The van der Waals surface area contributed by atoms with Crippen molar-refractivity contribution in [2.24, 2.45) is 0 Å². The van der Waals surface area contributed by atoms with Crippen molar-refractivity contribution >= 4 is 11.6 Å². The van der Waals surface area contributed by atoms with Gasteiger partial charge in [0.15, 0.2) is 0 Å². The van der Waals surface area contributed by atoms with Crippen LogP contribution in [0, 0.1) is 21.4 Å². The van der Waals surface area contributed by atoms with E-state index in [4.69, 9.17) is 5.26 Å². The normalized spacial score (nSPS) is 9.68. The second-order valence-corrected chi connectivity index (χ2v) is 3.72. The molecule has 1 aromatic carbocycles. The van der Waals surface area contributed by atoms with Gasteiger partial charge >= 0.3 is 5.69 Å². The van der Waals surface area contributed by atoms with E-state index in [2.05, 4.69) is 0 Å². The molecule has 0 heterocycles. The van der Waals surface area contributed by atoms with E-state index in [1.165, 1.54) is 17.0 Å². The van der Waals surface area contributed by atoms with Crippen molar-refractivity contribution in [2.75, 3.05) is 13.1 Å². The topological polar surface area (TPSA) is 107 Å². The number of nitro benzene ring substituents is 1. The van der Waals surface area contributed by atoms with E-state index in [9.17, 15) is 20.0 Å². The number of nitriles is 1. The summed E-state index contributed by atoms with van der Waals surface area (Å²) in [5.74, 6) is -1.17. The summed E-state index contributed by atoms with van der Waals surface area (Å²) in [6.07, 6.45) is 0.162. The van der Waals surface area contributed by atoms with Crippen LogP contribution in [0.5, 0.6) is 5.75 Å². The molecule has 0 aliphatic carbocycles. The summed E-state index contributed by atoms with van der Waals surface area (Å²) < 4.78 is 0. The third kappa shape index (κ3) is 3.19. The van der Waals surface area contributed by atoms with Crippen molar-refractivity contribution < 1.29 is 14.8 Å². The van der Waals surface area contributed by atoms with Crippen LogP contribution < -0.4 is 0 Å². The Labute approximate surface area is 109 Å². The van der Waals surface area contributed by atoms with Gasteiger partial charge in [-0.05, 0) is 13.0 Å². The van der Waals surface area contributed by atoms with E-state index in [0.717, 1.165) is 6.07 Å². The highest BCUT2D eigenvalue weighted by atomic mass is 16.6. The van der Waals surface area contributed by atoms with E-state index in [-0.39, 0.29) is 18.5 Å². The number of hydrogen-bond acceptors (Lipinski definition) is 5. The molecule has 0 saturated carbocycles. The van der Waals surface area contributed by atoms with Gasteiger partial charge in [0.25, 0.3) is 5.91 Å². The lowest BCUT2D eigenvalue weighted by Crippen LogP contribution is -2.31. The molecule has 100 valence electrons. The predicted octanol–water partition coefficient (Wildman–Crippen LogP) is 1.68. The second kappa shape index (κ2) is 6.35. The molecule has 7 nitrogen and oxygen atoms in total. The van der Waals surface area contributed by atoms with Crippen LogP contribution in [-0.2, 0) is 0 Å². The molecule has 0 aliphatic rings. The number of carbonyl (C=O) groups is 1. The number of phenolic OH excluding ortho intramolecular Hbond substituents is 1. The average Bonchev–Trinajstić information content (AvgIpc) is 2.39. The first kappa shape index (κ1) is 14.4. The zero-order valence-corrected chi connectivity index (χ0v) is 10.4. The molecule has 0 aromatic heterocycles. The minimum atomic E-state index is -0.752. The number of amides is 1. The van der Waals surface area contributed by atoms with E-state index >= 15 is 0 Å². The largest absolute Gasteiger partial charge is 0.502 e. The standard InChI is InChI=1S/C12H13N3O4/c1-2-14(8-4-7-13)12(17)9-5-3-6-10(11(9)16)15(18)19/h3,5-6,16H,2,4,8H2,1H3. The van der Waals surface area contributed by atoms with Gasteiger partial charge in [0.1, 0.15) is 0 Å². The van der Waals surface area contributed by atoms with Crippen LogP contribution >= 0.6 is 0 Å². The number of carbonyl (C=O) groups excluding carboxylic acids is 1. The molecule has 0 fully saturated rings. The van der Waals surface area contributed by atoms with Gasteiger partial charge in [-0.1, -0.05) is 6.07 Å². The Hall–Kier alpha value is -2.62. The van der Waals surface area contributed by atoms with Gasteiger partial charge in [-0.2, -0.15) is 5.26 Å². The Morgan fingerprint density at radius 3 is 2.79 bits per heavy atom. The van der Waals surface area contributed by atoms with E-state index < -0.39 is 22.3 Å². The number of nitrogens with zero attached hydrogens (tertiary/aromatic N) is 3. The molecule has 7 heteroatoms. The molecule has 0 unspecified atom stereocenters. The van der Waals surface area contributed by atoms with Gasteiger partial charge in [-0.25, -0.2) is 0 Å². The van der Waals surface area contributed by atoms with E-state index in [0.29, 0.717) is 6.54 Å². The fraction of sp³-hybridized carbons (Fsp3) is 0.333. The summed E-state index contributed by atoms with van der Waals surface area (Å²) in [6, 6.07) is 5.70. The van der Waals surface area contributed by atoms with Crippen LogP contribution in [0.4, 0.5) is 5.69 Å². The fourth-order valence-electron chi connectivity index (χ4n) is 1.61. The van der Waals surface area contributed by atoms with Gasteiger partial charge in [-0.15, -0.1) is 0 Å². The van der Waals surface area contributed by atoms with Crippen LogP contribution in [0.25, 0.3) is 0 Å². The first-order valence-electron chi connectivity index (χ1n) is 5.65. The summed E-state index contributed by atoms with van der Waals surface area (Å²) in [6.45, 7) is 2.29. The fourth-order valence-corrected chi connectivity index (χ4v) is 1.61. The van der Waals surface area contributed by atoms with Crippen molar-refractivity contribution in [3.05, 3.63) is 33.9 Å². The van der Waals surface area contributed by atoms with Crippen LogP contribution in [-0.4, -0.2) is 33.9 Å². The quantitative estimate of drug-likeness (QED) is 0.642. The Bertz CT molecular complexity index is 536. The predicted molar refractivity (Wildman–Crippen MR) is 66.6 cm³/mol. The highest BCUT2D eigenvalue weighted by molar-refractivity contribution is 5.98. The highest BCUT2D eigenvalue weighted by Crippen LogP contribution is 2.30. The second-order valence-electron chi connectivity index (χ2n) is 3.72. The van der Waals surface area contributed by atoms with Crippen LogP contribution in [0.3, 0.4) is 0 Å². The number of para-hydroxylation sites is 1. The van der Waals surface area contributed by atoms with Crippen LogP contribution in [0.2, 0.25) is 0 Å². The molecule has 1 aromatic rings. The summed E-state index contributed by atoms with van der Waals surface area (Å²) >= 11 is 0. The number of aromatic hydroxyl groups is 1. The Morgan fingerprint density at radius 1 is 1.58 bits per heavy atom. The molecule has 0 saturated heterocycles. The van der Waals surface area contributed by atoms with Crippen molar-refractivity contribution in [3.63, 3.8) is 0 Å². The van der Waals surface area contributed by atoms with Gasteiger partial charge in [-0.3, -0.25) is 14.9 Å². The van der Waals surface area contributed by atoms with Gasteiger partial charge in [0.05, 0.1) is 23.0 Å². The number of benzene rings is 1. The molecule has 0 spiro atoms. The van der Waals surface area contributed by atoms with Crippen molar-refractivity contribution in [1.29, 1.82) is 5.26 Å². The Kier molecular flexibility index (Phi) is 4.83. The molecule has 0 aliphatic heterocycles. The minimum absolute atomic E-state index is 0.131. The maximum absolute atomic E-state index is 12.1. The van der Waals surface area contributed by atoms with E-state index in [1.807, 2.05) is 6.07 Å². The zero-order valence-electron chi connectivity index (χ0n) is 10.4. The number of rotatable bonds is 5. The molecular weight excluding hydrogens is 250 g/mol. The molecule has 1 rings (SSSR count). The number of hydrogen-bond donors (Lipinski definition) is 1. The molecule has 0 radical (unpaired) electrons. The monoisotopic (exact) mass is 263 g/mol. The maximum Gasteiger partial charge on any atom is 0.311 e. The average molecular weight is 263 g/mol. The summed E-state index contributed by atoms with van der Waals surface area (Å²) in [4.78, 5) is 23.4. The maximum atomic E-state index is 12.1. The van der Waals surface area contributed by atoms with Crippen LogP contribution in [0.15, 0.2) is 18.2 Å². The zero-order chi connectivity index (χ0) is 14.4. The molecule has 1 amide bonds.